The molecular formula is C27H23F3N4O2. The van der Waals surface area contributed by atoms with E-state index in [1.807, 2.05) is 6.92 Å². The maximum atomic E-state index is 14.0. The molecular weight excluding hydrogens is 469 g/mol. The minimum Gasteiger partial charge on any atom is -0.491 e. The number of pyridine rings is 2. The van der Waals surface area contributed by atoms with Crippen molar-refractivity contribution in [3.05, 3.63) is 71.5 Å². The molecule has 0 bridgehead atoms. The van der Waals surface area contributed by atoms with Gasteiger partial charge in [0.15, 0.2) is 0 Å². The van der Waals surface area contributed by atoms with E-state index in [9.17, 15) is 18.0 Å². The molecule has 0 radical (unpaired) electrons. The van der Waals surface area contributed by atoms with Gasteiger partial charge < -0.3 is 15.4 Å². The number of carbonyl (C=O) groups is 1. The molecule has 6 nitrogen and oxygen atoms in total. The number of anilines is 1. The zero-order chi connectivity index (χ0) is 25.2. The van der Waals surface area contributed by atoms with E-state index >= 15 is 0 Å². The van der Waals surface area contributed by atoms with Crippen LogP contribution in [0.5, 0.6) is 5.75 Å². The summed E-state index contributed by atoms with van der Waals surface area (Å²) in [7, 11) is 0. The Labute approximate surface area is 204 Å². The van der Waals surface area contributed by atoms with Gasteiger partial charge in [-0.1, -0.05) is 6.07 Å². The molecule has 0 saturated heterocycles. The Morgan fingerprint density at radius 3 is 2.67 bits per heavy atom. The summed E-state index contributed by atoms with van der Waals surface area (Å²) in [6, 6.07) is 9.99. The number of rotatable bonds is 4. The van der Waals surface area contributed by atoms with Gasteiger partial charge in [-0.05, 0) is 62.1 Å². The van der Waals surface area contributed by atoms with Crippen molar-refractivity contribution in [2.24, 2.45) is 5.92 Å². The molecule has 1 aliphatic heterocycles. The normalized spacial score (nSPS) is 18.2. The summed E-state index contributed by atoms with van der Waals surface area (Å²) in [5, 5.41) is 2.31. The quantitative estimate of drug-likeness (QED) is 0.367. The van der Waals surface area contributed by atoms with Crippen molar-refractivity contribution >= 4 is 33.4 Å². The number of halogens is 3. The molecule has 2 aliphatic rings. The summed E-state index contributed by atoms with van der Waals surface area (Å²) < 4.78 is 45.4. The van der Waals surface area contributed by atoms with Gasteiger partial charge in [0.25, 0.3) is 5.91 Å². The smallest absolute Gasteiger partial charge is 0.416 e. The third-order valence-corrected chi connectivity index (χ3v) is 7.28. The summed E-state index contributed by atoms with van der Waals surface area (Å²) in [4.78, 5) is 24.5. The van der Waals surface area contributed by atoms with Crippen LogP contribution in [-0.2, 0) is 6.18 Å². The molecule has 2 N–H and O–H groups in total. The summed E-state index contributed by atoms with van der Waals surface area (Å²) in [5.41, 5.74) is 7.06. The van der Waals surface area contributed by atoms with Crippen LogP contribution >= 0.6 is 0 Å². The first kappa shape index (κ1) is 22.6. The topological polar surface area (TPSA) is 81.3 Å². The lowest BCUT2D eigenvalue weighted by Gasteiger charge is -2.34. The van der Waals surface area contributed by atoms with Gasteiger partial charge in [0.2, 0.25) is 0 Å². The molecule has 4 aromatic rings. The van der Waals surface area contributed by atoms with Gasteiger partial charge in [-0.2, -0.15) is 13.2 Å². The van der Waals surface area contributed by atoms with E-state index in [0.717, 1.165) is 41.1 Å². The number of hydrogen-bond donors (Lipinski definition) is 1. The van der Waals surface area contributed by atoms with Crippen molar-refractivity contribution in [3.8, 4) is 5.75 Å². The van der Waals surface area contributed by atoms with Crippen LogP contribution < -0.4 is 10.5 Å². The second-order valence-electron chi connectivity index (χ2n) is 9.52. The van der Waals surface area contributed by atoms with Crippen LogP contribution in [0.1, 0.15) is 47.3 Å². The van der Waals surface area contributed by atoms with Crippen molar-refractivity contribution in [3.63, 3.8) is 0 Å². The predicted octanol–water partition coefficient (Wildman–Crippen LogP) is 5.76. The molecule has 3 heterocycles. The van der Waals surface area contributed by atoms with Crippen LogP contribution in [0.15, 0.2) is 54.9 Å². The Balaban J connectivity index is 1.43. The Morgan fingerprint density at radius 1 is 1.11 bits per heavy atom. The maximum absolute atomic E-state index is 14.0. The first-order valence-corrected chi connectivity index (χ1v) is 11.8. The summed E-state index contributed by atoms with van der Waals surface area (Å²) in [6.07, 6.45) is 0.897. The fourth-order valence-electron chi connectivity index (χ4n) is 5.17. The first-order chi connectivity index (χ1) is 17.2. The van der Waals surface area contributed by atoms with Crippen molar-refractivity contribution in [2.75, 3.05) is 12.3 Å². The Kier molecular flexibility index (Phi) is 5.07. The lowest BCUT2D eigenvalue weighted by atomic mass is 9.99. The Morgan fingerprint density at radius 2 is 1.92 bits per heavy atom. The van der Waals surface area contributed by atoms with E-state index in [2.05, 4.69) is 9.97 Å². The molecule has 1 saturated carbocycles. The molecule has 1 aliphatic carbocycles. The molecule has 1 fully saturated rings. The van der Waals surface area contributed by atoms with Crippen LogP contribution in [-0.4, -0.2) is 33.4 Å². The number of nitrogens with zero attached hydrogens (tertiary/aromatic N) is 3. The lowest BCUT2D eigenvalue weighted by Crippen LogP contribution is -2.43. The number of hydrogen-bond acceptors (Lipinski definition) is 5. The van der Waals surface area contributed by atoms with Gasteiger partial charge >= 0.3 is 6.18 Å². The average molecular weight is 493 g/mol. The number of fused-ring (bicyclic) bond motifs is 4. The zero-order valence-corrected chi connectivity index (χ0v) is 19.4. The second kappa shape index (κ2) is 8.08. The SMILES string of the molecule is CC(C1CC1)N(C(=O)c1ccc2nc(N)c3ccncc3c2c1)C1COc2cc(C(F)(F)F)ccc21. The number of amides is 1. The van der Waals surface area contributed by atoms with Crippen molar-refractivity contribution in [1.29, 1.82) is 0 Å². The third-order valence-electron chi connectivity index (χ3n) is 7.28. The third kappa shape index (κ3) is 3.70. The van der Waals surface area contributed by atoms with E-state index in [1.165, 1.54) is 6.07 Å². The number of nitrogen functional groups attached to an aromatic ring is 1. The summed E-state index contributed by atoms with van der Waals surface area (Å²) in [6.45, 7) is 2.11. The fraction of sp³-hybridized carbons (Fsp3) is 0.296. The number of carbonyl (C=O) groups excluding carboxylic acids is 1. The molecule has 2 aromatic heterocycles. The molecule has 2 unspecified atom stereocenters. The van der Waals surface area contributed by atoms with Gasteiger partial charge in [-0.25, -0.2) is 4.98 Å². The van der Waals surface area contributed by atoms with Gasteiger partial charge in [0, 0.05) is 45.7 Å². The first-order valence-electron chi connectivity index (χ1n) is 11.8. The van der Waals surface area contributed by atoms with E-state index in [1.54, 1.807) is 41.6 Å². The number of aromatic nitrogens is 2. The predicted molar refractivity (Wildman–Crippen MR) is 129 cm³/mol. The molecule has 1 amide bonds. The van der Waals surface area contributed by atoms with E-state index in [4.69, 9.17) is 10.5 Å². The maximum Gasteiger partial charge on any atom is 0.416 e. The number of alkyl halides is 3. The average Bonchev–Trinajstić information content (AvgIpc) is 3.64. The minimum absolute atomic E-state index is 0.0991. The highest BCUT2D eigenvalue weighted by Crippen LogP contribution is 2.45. The van der Waals surface area contributed by atoms with Gasteiger partial charge in [0.1, 0.15) is 18.2 Å². The Hall–Kier alpha value is -3.88. The minimum atomic E-state index is -4.46. The molecule has 2 aromatic carbocycles. The summed E-state index contributed by atoms with van der Waals surface area (Å²) in [5.74, 6) is 0.706. The highest BCUT2D eigenvalue weighted by Gasteiger charge is 2.42. The van der Waals surface area contributed by atoms with Crippen LogP contribution in [0.2, 0.25) is 0 Å². The molecule has 0 spiro atoms. The van der Waals surface area contributed by atoms with E-state index in [-0.39, 0.29) is 24.3 Å². The van der Waals surface area contributed by atoms with Gasteiger partial charge in [-0.15, -0.1) is 0 Å². The molecule has 2 atom stereocenters. The standard InChI is InChI=1S/C27H23F3N4O2/c1-14(15-2-3-15)34(23-13-36-24-11-17(27(28,29)30)5-6-19(23)24)26(35)16-4-7-22-20(10-16)21-12-32-9-8-18(21)25(31)33-22/h4-12,14-15,23H,2-3,13H2,1H3,(H2,31,33). The number of nitrogens with two attached hydrogens (primary N) is 1. The Bertz CT molecular complexity index is 1520. The van der Waals surface area contributed by atoms with Gasteiger partial charge in [-0.3, -0.25) is 9.78 Å². The molecule has 9 heteroatoms. The lowest BCUT2D eigenvalue weighted by molar-refractivity contribution is -0.137. The molecule has 6 rings (SSSR count). The van der Waals surface area contributed by atoms with Crippen molar-refractivity contribution in [1.82, 2.24) is 14.9 Å². The van der Waals surface area contributed by atoms with Crippen molar-refractivity contribution < 1.29 is 22.7 Å². The van der Waals surface area contributed by atoms with E-state index < -0.39 is 17.8 Å². The largest absolute Gasteiger partial charge is 0.491 e. The van der Waals surface area contributed by atoms with Crippen LogP contribution in [0.25, 0.3) is 21.7 Å². The molecule has 184 valence electrons. The van der Waals surface area contributed by atoms with Crippen molar-refractivity contribution in [2.45, 2.75) is 38.0 Å². The highest BCUT2D eigenvalue weighted by atomic mass is 19.4. The molecule has 36 heavy (non-hydrogen) atoms. The fourth-order valence-corrected chi connectivity index (χ4v) is 5.17. The summed E-state index contributed by atoms with van der Waals surface area (Å²) >= 11 is 0. The monoisotopic (exact) mass is 492 g/mol. The second-order valence-corrected chi connectivity index (χ2v) is 9.52. The highest BCUT2D eigenvalue weighted by molar-refractivity contribution is 6.11. The number of ether oxygens (including phenoxy) is 1. The van der Waals surface area contributed by atoms with Crippen LogP contribution in [0.4, 0.5) is 19.0 Å². The van der Waals surface area contributed by atoms with Gasteiger partial charge in [0.05, 0.1) is 17.1 Å². The van der Waals surface area contributed by atoms with E-state index in [0.29, 0.717) is 28.4 Å². The number of benzene rings is 2. The van der Waals surface area contributed by atoms with Crippen LogP contribution in [0.3, 0.4) is 0 Å². The van der Waals surface area contributed by atoms with Crippen LogP contribution in [0, 0.1) is 5.92 Å². The zero-order valence-electron chi connectivity index (χ0n) is 19.4.